The van der Waals surface area contributed by atoms with Crippen molar-refractivity contribution in [2.45, 2.75) is 25.9 Å². The summed E-state index contributed by atoms with van der Waals surface area (Å²) in [5.74, 6) is -0.168. The fourth-order valence-corrected chi connectivity index (χ4v) is 2.86. The second-order valence-corrected chi connectivity index (χ2v) is 5.89. The maximum atomic E-state index is 12.0. The van der Waals surface area contributed by atoms with Gasteiger partial charge in [0.05, 0.1) is 6.61 Å². The molecule has 3 heteroatoms. The Morgan fingerprint density at radius 3 is 2.38 bits per heavy atom. The number of hydrogen-bond donors (Lipinski definition) is 0. The molecule has 0 bridgehead atoms. The minimum absolute atomic E-state index is 0.168. The minimum atomic E-state index is -0.168. The molecule has 0 radical (unpaired) electrons. The monoisotopic (exact) mass is 322 g/mol. The summed E-state index contributed by atoms with van der Waals surface area (Å²) >= 11 is 0. The third-order valence-corrected chi connectivity index (χ3v) is 4.16. The highest BCUT2D eigenvalue weighted by Gasteiger charge is 2.24. The Bertz CT molecular complexity index is 690. The summed E-state index contributed by atoms with van der Waals surface area (Å²) in [6.45, 7) is 1.74. The maximum absolute atomic E-state index is 12.0. The number of carbonyl (C=O) groups is 1. The first kappa shape index (κ1) is 16.5. The van der Waals surface area contributed by atoms with Crippen molar-refractivity contribution in [1.29, 1.82) is 0 Å². The van der Waals surface area contributed by atoms with Crippen LogP contribution in [0.4, 0.5) is 0 Å². The van der Waals surface area contributed by atoms with Crippen molar-refractivity contribution in [2.24, 2.45) is 0 Å². The minimum Gasteiger partial charge on any atom is -0.457 e. The van der Waals surface area contributed by atoms with Crippen molar-refractivity contribution < 1.29 is 14.3 Å². The average Bonchev–Trinajstić information content (AvgIpc) is 3.00. The van der Waals surface area contributed by atoms with E-state index < -0.39 is 0 Å². The molecule has 2 aromatic rings. The fourth-order valence-electron chi connectivity index (χ4n) is 2.86. The lowest BCUT2D eigenvalue weighted by Crippen LogP contribution is -2.01. The van der Waals surface area contributed by atoms with E-state index in [4.69, 9.17) is 9.47 Å². The molecule has 0 unspecified atom stereocenters. The first-order valence-corrected chi connectivity index (χ1v) is 8.41. The van der Waals surface area contributed by atoms with Crippen LogP contribution in [0.5, 0.6) is 0 Å². The SMILES string of the molecule is O=C1OCC(c2ccccc2)=C1CCCCOCc1ccccc1. The molecule has 24 heavy (non-hydrogen) atoms. The van der Waals surface area contributed by atoms with Gasteiger partial charge in [0.15, 0.2) is 0 Å². The van der Waals surface area contributed by atoms with E-state index in [0.29, 0.717) is 19.8 Å². The number of benzene rings is 2. The van der Waals surface area contributed by atoms with Gasteiger partial charge in [-0.3, -0.25) is 0 Å². The van der Waals surface area contributed by atoms with Gasteiger partial charge in [-0.25, -0.2) is 4.79 Å². The summed E-state index contributed by atoms with van der Waals surface area (Å²) in [5, 5.41) is 0. The van der Waals surface area contributed by atoms with Gasteiger partial charge in [0, 0.05) is 17.8 Å². The normalized spacial score (nSPS) is 14.1. The highest BCUT2D eigenvalue weighted by Crippen LogP contribution is 2.28. The van der Waals surface area contributed by atoms with Crippen molar-refractivity contribution in [1.82, 2.24) is 0 Å². The van der Waals surface area contributed by atoms with E-state index in [1.165, 1.54) is 5.56 Å². The molecule has 0 amide bonds. The van der Waals surface area contributed by atoms with Gasteiger partial charge in [-0.15, -0.1) is 0 Å². The zero-order valence-corrected chi connectivity index (χ0v) is 13.7. The zero-order valence-electron chi connectivity index (χ0n) is 13.7. The van der Waals surface area contributed by atoms with Gasteiger partial charge in [0.25, 0.3) is 0 Å². The van der Waals surface area contributed by atoms with E-state index in [1.54, 1.807) is 0 Å². The first-order chi connectivity index (χ1) is 11.8. The molecule has 0 spiro atoms. The molecule has 1 aliphatic rings. The van der Waals surface area contributed by atoms with Crippen molar-refractivity contribution in [3.05, 3.63) is 77.4 Å². The predicted molar refractivity (Wildman–Crippen MR) is 94.3 cm³/mol. The Labute approximate surface area is 142 Å². The fraction of sp³-hybridized carbons (Fsp3) is 0.286. The summed E-state index contributed by atoms with van der Waals surface area (Å²) in [7, 11) is 0. The van der Waals surface area contributed by atoms with Gasteiger partial charge in [0.1, 0.15) is 6.61 Å². The van der Waals surface area contributed by atoms with Crippen LogP contribution in [0.3, 0.4) is 0 Å². The molecule has 0 saturated carbocycles. The molecule has 0 fully saturated rings. The van der Waals surface area contributed by atoms with Crippen LogP contribution in [0.15, 0.2) is 66.2 Å². The zero-order chi connectivity index (χ0) is 16.6. The van der Waals surface area contributed by atoms with Crippen LogP contribution in [0.25, 0.3) is 5.57 Å². The molecule has 2 aromatic carbocycles. The lowest BCUT2D eigenvalue weighted by atomic mass is 9.98. The first-order valence-electron chi connectivity index (χ1n) is 8.41. The van der Waals surface area contributed by atoms with Crippen LogP contribution in [0.1, 0.15) is 30.4 Å². The summed E-state index contributed by atoms with van der Waals surface area (Å²) in [6, 6.07) is 20.2. The standard InChI is InChI=1S/C21H22O3/c22-21-19(20(16-24-21)18-11-5-2-6-12-18)13-7-8-14-23-15-17-9-3-1-4-10-17/h1-6,9-12H,7-8,13-16H2. The molecule has 0 aliphatic carbocycles. The molecule has 3 rings (SSSR count). The molecular weight excluding hydrogens is 300 g/mol. The number of ether oxygens (including phenoxy) is 2. The molecule has 0 saturated heterocycles. The van der Waals surface area contributed by atoms with E-state index in [1.807, 2.05) is 48.5 Å². The molecule has 0 aromatic heterocycles. The van der Waals surface area contributed by atoms with Crippen LogP contribution >= 0.6 is 0 Å². The van der Waals surface area contributed by atoms with Gasteiger partial charge >= 0.3 is 5.97 Å². The van der Waals surface area contributed by atoms with Crippen molar-refractivity contribution in [2.75, 3.05) is 13.2 Å². The highest BCUT2D eigenvalue weighted by atomic mass is 16.5. The van der Waals surface area contributed by atoms with Gasteiger partial charge in [-0.05, 0) is 30.4 Å². The van der Waals surface area contributed by atoms with Gasteiger partial charge < -0.3 is 9.47 Å². The molecule has 0 atom stereocenters. The van der Waals surface area contributed by atoms with Crippen LogP contribution in [-0.4, -0.2) is 19.2 Å². The van der Waals surface area contributed by atoms with E-state index in [2.05, 4.69) is 12.1 Å². The maximum Gasteiger partial charge on any atom is 0.334 e. The molecule has 1 heterocycles. The number of esters is 1. The quantitative estimate of drug-likeness (QED) is 0.534. The Hall–Kier alpha value is -2.39. The smallest absolute Gasteiger partial charge is 0.334 e. The Balaban J connectivity index is 1.46. The molecule has 1 aliphatic heterocycles. The number of rotatable bonds is 8. The topological polar surface area (TPSA) is 35.5 Å². The van der Waals surface area contributed by atoms with Crippen LogP contribution < -0.4 is 0 Å². The predicted octanol–water partition coefficient (Wildman–Crippen LogP) is 4.38. The Morgan fingerprint density at radius 1 is 0.917 bits per heavy atom. The second kappa shape index (κ2) is 8.46. The lowest BCUT2D eigenvalue weighted by Gasteiger charge is -2.06. The number of unbranched alkanes of at least 4 members (excludes halogenated alkanes) is 1. The van der Waals surface area contributed by atoms with Crippen molar-refractivity contribution >= 4 is 11.5 Å². The van der Waals surface area contributed by atoms with Crippen LogP contribution in [0, 0.1) is 0 Å². The van der Waals surface area contributed by atoms with Crippen LogP contribution in [0.2, 0.25) is 0 Å². The molecule has 124 valence electrons. The van der Waals surface area contributed by atoms with Crippen molar-refractivity contribution in [3.63, 3.8) is 0 Å². The molecule has 3 nitrogen and oxygen atoms in total. The van der Waals surface area contributed by atoms with Gasteiger partial charge in [-0.1, -0.05) is 60.7 Å². The van der Waals surface area contributed by atoms with E-state index in [9.17, 15) is 4.79 Å². The Kier molecular flexibility index (Phi) is 5.80. The number of cyclic esters (lactones) is 1. The second-order valence-electron chi connectivity index (χ2n) is 5.89. The van der Waals surface area contributed by atoms with E-state index in [0.717, 1.165) is 36.0 Å². The van der Waals surface area contributed by atoms with Gasteiger partial charge in [0.2, 0.25) is 0 Å². The number of hydrogen-bond acceptors (Lipinski definition) is 3. The summed E-state index contributed by atoms with van der Waals surface area (Å²) in [6.07, 6.45) is 2.61. The molecular formula is C21H22O3. The Morgan fingerprint density at radius 2 is 1.62 bits per heavy atom. The highest BCUT2D eigenvalue weighted by molar-refractivity contribution is 6.01. The summed E-state index contributed by atoms with van der Waals surface area (Å²) in [5.41, 5.74) is 4.12. The largest absolute Gasteiger partial charge is 0.457 e. The van der Waals surface area contributed by atoms with Crippen molar-refractivity contribution in [3.8, 4) is 0 Å². The lowest BCUT2D eigenvalue weighted by molar-refractivity contribution is -0.136. The average molecular weight is 322 g/mol. The molecule has 0 N–H and O–H groups in total. The summed E-state index contributed by atoms with van der Waals surface area (Å²) < 4.78 is 10.9. The number of carbonyl (C=O) groups excluding carboxylic acids is 1. The van der Waals surface area contributed by atoms with E-state index >= 15 is 0 Å². The van der Waals surface area contributed by atoms with Gasteiger partial charge in [-0.2, -0.15) is 0 Å². The third kappa shape index (κ3) is 4.33. The summed E-state index contributed by atoms with van der Waals surface area (Å²) in [4.78, 5) is 12.0. The van der Waals surface area contributed by atoms with Crippen LogP contribution in [-0.2, 0) is 20.9 Å². The van der Waals surface area contributed by atoms with E-state index in [-0.39, 0.29) is 5.97 Å². The third-order valence-electron chi connectivity index (χ3n) is 4.16.